The first-order chi connectivity index (χ1) is 10.1. The van der Waals surface area contributed by atoms with E-state index in [1.54, 1.807) is 19.2 Å². The lowest BCUT2D eigenvalue weighted by Crippen LogP contribution is -2.41. The monoisotopic (exact) mass is 312 g/mol. The van der Waals surface area contributed by atoms with Gasteiger partial charge in [0, 0.05) is 32.8 Å². The molecule has 2 rings (SSSR count). The molecule has 0 bridgehead atoms. The highest BCUT2D eigenvalue weighted by Gasteiger charge is 2.30. The van der Waals surface area contributed by atoms with Crippen molar-refractivity contribution in [2.45, 2.75) is 37.2 Å². The summed E-state index contributed by atoms with van der Waals surface area (Å²) in [5, 5.41) is 3.19. The van der Waals surface area contributed by atoms with E-state index >= 15 is 0 Å². The summed E-state index contributed by atoms with van der Waals surface area (Å²) in [5.74, 6) is 0. The van der Waals surface area contributed by atoms with Gasteiger partial charge in [-0.25, -0.2) is 8.42 Å². The van der Waals surface area contributed by atoms with Crippen molar-refractivity contribution >= 4 is 10.0 Å². The van der Waals surface area contributed by atoms with Gasteiger partial charge < -0.3 is 10.1 Å². The van der Waals surface area contributed by atoms with Gasteiger partial charge in [0.1, 0.15) is 0 Å². The van der Waals surface area contributed by atoms with Gasteiger partial charge in [-0.05, 0) is 31.0 Å². The third kappa shape index (κ3) is 3.83. The van der Waals surface area contributed by atoms with Gasteiger partial charge in [0.15, 0.2) is 0 Å². The highest BCUT2D eigenvalue weighted by Crippen LogP contribution is 2.24. The van der Waals surface area contributed by atoms with Crippen molar-refractivity contribution in [2.75, 3.05) is 26.8 Å². The average Bonchev–Trinajstić information content (AvgIpc) is 2.53. The van der Waals surface area contributed by atoms with Gasteiger partial charge in [-0.15, -0.1) is 0 Å². The second-order valence-electron chi connectivity index (χ2n) is 5.25. The van der Waals surface area contributed by atoms with Crippen molar-refractivity contribution in [3.05, 3.63) is 29.8 Å². The number of hydrogen-bond acceptors (Lipinski definition) is 4. The Morgan fingerprint density at radius 3 is 2.62 bits per heavy atom. The zero-order valence-corrected chi connectivity index (χ0v) is 13.5. The maximum absolute atomic E-state index is 12.9. The van der Waals surface area contributed by atoms with Gasteiger partial charge in [0.05, 0.1) is 4.90 Å². The first kappa shape index (κ1) is 16.4. The van der Waals surface area contributed by atoms with Gasteiger partial charge in [-0.3, -0.25) is 0 Å². The van der Waals surface area contributed by atoms with Crippen LogP contribution >= 0.6 is 0 Å². The Morgan fingerprint density at radius 2 is 1.95 bits per heavy atom. The van der Waals surface area contributed by atoms with Gasteiger partial charge in [0.2, 0.25) is 10.0 Å². The van der Waals surface area contributed by atoms with Crippen LogP contribution in [-0.4, -0.2) is 45.6 Å². The molecule has 1 fully saturated rings. The molecule has 1 heterocycles. The lowest BCUT2D eigenvalue weighted by Gasteiger charge is -2.31. The Morgan fingerprint density at radius 1 is 1.29 bits per heavy atom. The van der Waals surface area contributed by atoms with E-state index < -0.39 is 10.0 Å². The molecule has 1 aromatic rings. The van der Waals surface area contributed by atoms with Gasteiger partial charge in [-0.2, -0.15) is 4.31 Å². The van der Waals surface area contributed by atoms with Crippen LogP contribution in [0.5, 0.6) is 0 Å². The molecule has 0 aromatic heterocycles. The van der Waals surface area contributed by atoms with Crippen molar-refractivity contribution < 1.29 is 13.2 Å². The van der Waals surface area contributed by atoms with Crippen LogP contribution < -0.4 is 5.32 Å². The molecular weight excluding hydrogens is 288 g/mol. The molecular formula is C15H24N2O3S. The number of nitrogens with zero attached hydrogens (tertiary/aromatic N) is 1. The molecule has 1 aliphatic rings. The molecule has 0 radical (unpaired) electrons. The minimum Gasteiger partial charge on any atom is -0.381 e. The Balaban J connectivity index is 2.25. The van der Waals surface area contributed by atoms with Gasteiger partial charge >= 0.3 is 0 Å². The first-order valence-electron chi connectivity index (χ1n) is 7.41. The third-order valence-corrected chi connectivity index (χ3v) is 5.91. The number of hydrogen-bond donors (Lipinski definition) is 1. The zero-order valence-electron chi connectivity index (χ0n) is 12.7. The summed E-state index contributed by atoms with van der Waals surface area (Å²) >= 11 is 0. The molecule has 0 atom stereocenters. The van der Waals surface area contributed by atoms with Crippen LogP contribution in [-0.2, 0) is 21.3 Å². The molecule has 5 nitrogen and oxygen atoms in total. The molecule has 0 amide bonds. The average molecular weight is 312 g/mol. The van der Waals surface area contributed by atoms with Crippen LogP contribution in [0.4, 0.5) is 0 Å². The number of nitrogens with one attached hydrogen (secondary N) is 1. The molecule has 118 valence electrons. The first-order valence-corrected chi connectivity index (χ1v) is 8.85. The fraction of sp³-hybridized carbons (Fsp3) is 0.600. The smallest absolute Gasteiger partial charge is 0.243 e. The highest BCUT2D eigenvalue weighted by molar-refractivity contribution is 7.89. The largest absolute Gasteiger partial charge is 0.381 e. The summed E-state index contributed by atoms with van der Waals surface area (Å²) in [6.07, 6.45) is 1.51. The van der Waals surface area contributed by atoms with E-state index in [-0.39, 0.29) is 6.04 Å². The second kappa shape index (κ2) is 7.35. The number of sulfonamides is 1. The molecule has 1 aromatic carbocycles. The fourth-order valence-corrected chi connectivity index (χ4v) is 4.20. The van der Waals surface area contributed by atoms with E-state index in [1.807, 2.05) is 19.1 Å². The quantitative estimate of drug-likeness (QED) is 0.867. The summed E-state index contributed by atoms with van der Waals surface area (Å²) in [6.45, 7) is 4.64. The zero-order chi connectivity index (χ0) is 15.3. The van der Waals surface area contributed by atoms with Crippen molar-refractivity contribution in [1.82, 2.24) is 9.62 Å². The maximum Gasteiger partial charge on any atom is 0.243 e. The van der Waals surface area contributed by atoms with Crippen LogP contribution in [0.3, 0.4) is 0 Å². The van der Waals surface area contributed by atoms with E-state index in [9.17, 15) is 8.42 Å². The summed E-state index contributed by atoms with van der Waals surface area (Å²) in [7, 11) is -1.79. The summed E-state index contributed by atoms with van der Waals surface area (Å²) in [5.41, 5.74) is 0.818. The van der Waals surface area contributed by atoms with E-state index in [2.05, 4.69) is 5.32 Å². The van der Waals surface area contributed by atoms with Crippen molar-refractivity contribution in [2.24, 2.45) is 0 Å². The number of ether oxygens (including phenoxy) is 1. The number of benzene rings is 1. The Hall–Kier alpha value is -0.950. The Labute approximate surface area is 127 Å². The molecule has 0 unspecified atom stereocenters. The number of rotatable bonds is 6. The van der Waals surface area contributed by atoms with Crippen LogP contribution in [0.25, 0.3) is 0 Å². The highest BCUT2D eigenvalue weighted by atomic mass is 32.2. The summed E-state index contributed by atoms with van der Waals surface area (Å²) in [4.78, 5) is 0.403. The summed E-state index contributed by atoms with van der Waals surface area (Å²) in [6, 6.07) is 7.24. The molecule has 1 saturated heterocycles. The predicted octanol–water partition coefficient (Wildman–Crippen LogP) is 1.60. The van der Waals surface area contributed by atoms with Crippen LogP contribution in [0, 0.1) is 0 Å². The Kier molecular flexibility index (Phi) is 5.75. The van der Waals surface area contributed by atoms with E-state index in [0.29, 0.717) is 24.7 Å². The molecule has 6 heteroatoms. The van der Waals surface area contributed by atoms with Crippen molar-refractivity contribution in [1.29, 1.82) is 0 Å². The fourth-order valence-electron chi connectivity index (χ4n) is 2.56. The van der Waals surface area contributed by atoms with Crippen molar-refractivity contribution in [3.63, 3.8) is 0 Å². The minimum atomic E-state index is -3.46. The lowest BCUT2D eigenvalue weighted by molar-refractivity contribution is 0.0632. The molecule has 0 spiro atoms. The molecule has 0 aliphatic carbocycles. The van der Waals surface area contributed by atoms with Crippen LogP contribution in [0.2, 0.25) is 0 Å². The Bertz CT molecular complexity index is 554. The van der Waals surface area contributed by atoms with Crippen LogP contribution in [0.15, 0.2) is 29.2 Å². The van der Waals surface area contributed by atoms with E-state index in [0.717, 1.165) is 24.9 Å². The van der Waals surface area contributed by atoms with Gasteiger partial charge in [0.25, 0.3) is 0 Å². The van der Waals surface area contributed by atoms with E-state index in [4.69, 9.17) is 4.74 Å². The van der Waals surface area contributed by atoms with E-state index in [1.165, 1.54) is 4.31 Å². The van der Waals surface area contributed by atoms with Crippen LogP contribution in [0.1, 0.15) is 25.3 Å². The second-order valence-corrected chi connectivity index (χ2v) is 7.22. The molecule has 1 N–H and O–H groups in total. The summed E-state index contributed by atoms with van der Waals surface area (Å²) < 4.78 is 32.6. The maximum atomic E-state index is 12.9. The van der Waals surface area contributed by atoms with Gasteiger partial charge in [-0.1, -0.05) is 25.1 Å². The molecule has 1 aliphatic heterocycles. The topological polar surface area (TPSA) is 58.6 Å². The SMILES string of the molecule is CCNCc1ccccc1S(=O)(=O)N(C)C1CCOCC1. The minimum absolute atomic E-state index is 0.0240. The normalized spacial score (nSPS) is 17.3. The standard InChI is InChI=1S/C15H24N2O3S/c1-3-16-12-13-6-4-5-7-15(13)21(18,19)17(2)14-8-10-20-11-9-14/h4-7,14,16H,3,8-12H2,1-2H3. The third-order valence-electron chi connectivity index (χ3n) is 3.90. The predicted molar refractivity (Wildman–Crippen MR) is 82.6 cm³/mol. The lowest BCUT2D eigenvalue weighted by atomic mass is 10.1. The van der Waals surface area contributed by atoms with Crippen molar-refractivity contribution in [3.8, 4) is 0 Å². The molecule has 0 saturated carbocycles. The molecule has 21 heavy (non-hydrogen) atoms.